The molecule has 0 spiro atoms. The summed E-state index contributed by atoms with van der Waals surface area (Å²) < 4.78 is 1.97. The van der Waals surface area contributed by atoms with Crippen molar-refractivity contribution in [3.05, 3.63) is 77.1 Å². The summed E-state index contributed by atoms with van der Waals surface area (Å²) in [6.07, 6.45) is 2.60. The van der Waals surface area contributed by atoms with Crippen LogP contribution in [0.25, 0.3) is 5.69 Å². The average molecular weight is 432 g/mol. The molecule has 6 heteroatoms. The predicted octanol–water partition coefficient (Wildman–Crippen LogP) is 4.16. The number of aryl methyl sites for hydroxylation is 1. The Kier molecular flexibility index (Phi) is 7.02. The molecule has 1 saturated heterocycles. The van der Waals surface area contributed by atoms with Crippen molar-refractivity contribution in [2.24, 2.45) is 0 Å². The number of nitrogens with zero attached hydrogens (tertiary/aromatic N) is 4. The summed E-state index contributed by atoms with van der Waals surface area (Å²) in [7, 11) is 1.97. The molecule has 3 aromatic rings. The molecule has 0 atom stereocenters. The van der Waals surface area contributed by atoms with Gasteiger partial charge in [-0.05, 0) is 76.7 Å². The first-order valence-electron chi connectivity index (χ1n) is 11.4. The third-order valence-corrected chi connectivity index (χ3v) is 6.13. The van der Waals surface area contributed by atoms with Crippen LogP contribution in [0.4, 0.5) is 5.69 Å². The summed E-state index contributed by atoms with van der Waals surface area (Å²) in [6.45, 7) is 8.48. The number of benzene rings is 2. The third kappa shape index (κ3) is 5.44. The number of aromatic nitrogens is 2. The number of amides is 1. The van der Waals surface area contributed by atoms with Crippen molar-refractivity contribution >= 4 is 11.6 Å². The van der Waals surface area contributed by atoms with Crippen molar-refractivity contribution in [3.8, 4) is 5.69 Å². The number of para-hydroxylation sites is 1. The van der Waals surface area contributed by atoms with Gasteiger partial charge in [0.1, 0.15) is 0 Å². The Hall–Kier alpha value is -2.96. The zero-order valence-corrected chi connectivity index (χ0v) is 19.3. The van der Waals surface area contributed by atoms with Crippen LogP contribution in [-0.4, -0.2) is 52.2 Å². The summed E-state index contributed by atoms with van der Waals surface area (Å²) in [4.78, 5) is 17.1. The fourth-order valence-corrected chi connectivity index (χ4v) is 4.39. The topological polar surface area (TPSA) is 53.4 Å². The van der Waals surface area contributed by atoms with Gasteiger partial charge in [-0.3, -0.25) is 14.6 Å². The molecule has 0 saturated carbocycles. The van der Waals surface area contributed by atoms with E-state index in [-0.39, 0.29) is 5.91 Å². The Bertz CT molecular complexity index is 1040. The Labute approximate surface area is 190 Å². The number of likely N-dealkylation sites (N-methyl/N-ethyl adjacent to an activating group) is 1. The van der Waals surface area contributed by atoms with Crippen molar-refractivity contribution in [1.29, 1.82) is 0 Å². The van der Waals surface area contributed by atoms with Gasteiger partial charge in [0.25, 0.3) is 0 Å². The molecule has 2 heterocycles. The quantitative estimate of drug-likeness (QED) is 0.582. The van der Waals surface area contributed by atoms with Crippen molar-refractivity contribution in [2.75, 3.05) is 32.0 Å². The predicted molar refractivity (Wildman–Crippen MR) is 129 cm³/mol. The summed E-state index contributed by atoms with van der Waals surface area (Å²) in [5.41, 5.74) is 6.45. The van der Waals surface area contributed by atoms with Gasteiger partial charge in [0.2, 0.25) is 5.91 Å². The van der Waals surface area contributed by atoms with Gasteiger partial charge in [-0.25, -0.2) is 4.68 Å². The third-order valence-electron chi connectivity index (χ3n) is 6.13. The minimum absolute atomic E-state index is 0.00875. The minimum Gasteiger partial charge on any atom is -0.325 e. The monoisotopic (exact) mass is 431 g/mol. The molecule has 0 aliphatic carbocycles. The molecular weight excluding hydrogens is 398 g/mol. The molecule has 1 aromatic heterocycles. The molecule has 1 fully saturated rings. The molecular formula is C26H33N5O. The molecule has 0 unspecified atom stereocenters. The second-order valence-corrected chi connectivity index (χ2v) is 8.80. The van der Waals surface area contributed by atoms with Gasteiger partial charge < -0.3 is 5.32 Å². The first-order valence-corrected chi connectivity index (χ1v) is 11.4. The number of hydrogen-bond donors (Lipinski definition) is 1. The summed E-state index contributed by atoms with van der Waals surface area (Å²) in [5, 5.41) is 7.74. The number of likely N-dealkylation sites (tertiary alicyclic amines) is 1. The lowest BCUT2D eigenvalue weighted by molar-refractivity contribution is -0.117. The van der Waals surface area contributed by atoms with E-state index in [1.807, 2.05) is 53.9 Å². The highest BCUT2D eigenvalue weighted by Gasteiger charge is 2.16. The maximum Gasteiger partial charge on any atom is 0.238 e. The van der Waals surface area contributed by atoms with Crippen molar-refractivity contribution < 1.29 is 4.79 Å². The van der Waals surface area contributed by atoms with E-state index in [1.54, 1.807) is 0 Å². The van der Waals surface area contributed by atoms with Crippen LogP contribution in [-0.2, 0) is 17.9 Å². The maximum absolute atomic E-state index is 12.6. The maximum atomic E-state index is 12.6. The van der Waals surface area contributed by atoms with Gasteiger partial charge in [0.15, 0.2) is 0 Å². The fourth-order valence-electron chi connectivity index (χ4n) is 4.39. The van der Waals surface area contributed by atoms with Gasteiger partial charge in [0, 0.05) is 30.0 Å². The molecule has 0 bridgehead atoms. The first-order chi connectivity index (χ1) is 15.5. The zero-order valence-electron chi connectivity index (χ0n) is 19.3. The van der Waals surface area contributed by atoms with Crippen LogP contribution >= 0.6 is 0 Å². The SMILES string of the molecule is Cc1nn(-c2ccccc2)c(C)c1CN(C)CC(=O)Nc1ccc(CN2CCCC2)cc1. The molecule has 0 radical (unpaired) electrons. The second kappa shape index (κ2) is 10.1. The number of carbonyl (C=O) groups is 1. The largest absolute Gasteiger partial charge is 0.325 e. The normalized spacial score (nSPS) is 14.2. The highest BCUT2D eigenvalue weighted by atomic mass is 16.2. The van der Waals surface area contributed by atoms with Crippen LogP contribution in [0.2, 0.25) is 0 Å². The molecule has 6 nitrogen and oxygen atoms in total. The minimum atomic E-state index is -0.00875. The van der Waals surface area contributed by atoms with Gasteiger partial charge >= 0.3 is 0 Å². The molecule has 4 rings (SSSR count). The van der Waals surface area contributed by atoms with E-state index in [0.29, 0.717) is 13.1 Å². The number of carbonyl (C=O) groups excluding carboxylic acids is 1. The van der Waals surface area contributed by atoms with Crippen LogP contribution in [0.3, 0.4) is 0 Å². The van der Waals surface area contributed by atoms with Crippen LogP contribution in [0, 0.1) is 13.8 Å². The van der Waals surface area contributed by atoms with E-state index in [2.05, 4.69) is 41.4 Å². The molecule has 2 aromatic carbocycles. The Morgan fingerprint density at radius 1 is 1.03 bits per heavy atom. The summed E-state index contributed by atoms with van der Waals surface area (Å²) in [6, 6.07) is 18.4. The highest BCUT2D eigenvalue weighted by molar-refractivity contribution is 5.92. The number of anilines is 1. The summed E-state index contributed by atoms with van der Waals surface area (Å²) in [5.74, 6) is -0.00875. The Morgan fingerprint density at radius 3 is 2.41 bits per heavy atom. The highest BCUT2D eigenvalue weighted by Crippen LogP contribution is 2.19. The van der Waals surface area contributed by atoms with Gasteiger partial charge in [-0.2, -0.15) is 5.10 Å². The van der Waals surface area contributed by atoms with Crippen molar-refractivity contribution in [1.82, 2.24) is 19.6 Å². The second-order valence-electron chi connectivity index (χ2n) is 8.80. The first kappa shape index (κ1) is 22.2. The fraction of sp³-hybridized carbons (Fsp3) is 0.385. The smallest absolute Gasteiger partial charge is 0.238 e. The van der Waals surface area contributed by atoms with E-state index >= 15 is 0 Å². The van der Waals surface area contributed by atoms with Crippen molar-refractivity contribution in [3.63, 3.8) is 0 Å². The average Bonchev–Trinajstić information content (AvgIpc) is 3.39. The standard InChI is InChI=1S/C26H33N5O/c1-20-25(21(2)31(28-20)24-9-5-4-6-10-24)18-29(3)19-26(32)27-23-13-11-22(12-14-23)17-30-15-7-8-16-30/h4-6,9-14H,7-8,15-19H2,1-3H3,(H,27,32). The molecule has 1 aliphatic rings. The molecule has 32 heavy (non-hydrogen) atoms. The number of rotatable bonds is 8. The van der Waals surface area contributed by atoms with Gasteiger partial charge in [-0.1, -0.05) is 30.3 Å². The molecule has 168 valence electrons. The number of nitrogens with one attached hydrogen (secondary N) is 1. The lowest BCUT2D eigenvalue weighted by Gasteiger charge is -2.17. The van der Waals surface area contributed by atoms with Crippen LogP contribution in [0.1, 0.15) is 35.4 Å². The number of hydrogen-bond acceptors (Lipinski definition) is 4. The Balaban J connectivity index is 1.32. The lowest BCUT2D eigenvalue weighted by Crippen LogP contribution is -2.30. The van der Waals surface area contributed by atoms with Crippen molar-refractivity contribution in [2.45, 2.75) is 39.8 Å². The van der Waals surface area contributed by atoms with E-state index in [9.17, 15) is 4.79 Å². The molecule has 1 N–H and O–H groups in total. The Morgan fingerprint density at radius 2 is 1.72 bits per heavy atom. The lowest BCUT2D eigenvalue weighted by atomic mass is 10.2. The van der Waals surface area contributed by atoms with Crippen LogP contribution in [0.15, 0.2) is 54.6 Å². The molecule has 1 amide bonds. The van der Waals surface area contributed by atoms with E-state index < -0.39 is 0 Å². The van der Waals surface area contributed by atoms with Gasteiger partial charge in [-0.15, -0.1) is 0 Å². The summed E-state index contributed by atoms with van der Waals surface area (Å²) >= 11 is 0. The van der Waals surface area contributed by atoms with E-state index in [0.717, 1.165) is 34.9 Å². The van der Waals surface area contributed by atoms with E-state index in [1.165, 1.54) is 31.5 Å². The van der Waals surface area contributed by atoms with E-state index in [4.69, 9.17) is 5.10 Å². The van der Waals surface area contributed by atoms with Gasteiger partial charge in [0.05, 0.1) is 17.9 Å². The zero-order chi connectivity index (χ0) is 22.5. The van der Waals surface area contributed by atoms with Crippen LogP contribution < -0.4 is 5.32 Å². The van der Waals surface area contributed by atoms with Crippen LogP contribution in [0.5, 0.6) is 0 Å². The molecule has 1 aliphatic heterocycles.